The van der Waals surface area contributed by atoms with Crippen molar-refractivity contribution in [3.8, 4) is 5.75 Å². The van der Waals surface area contributed by atoms with Gasteiger partial charge in [-0.25, -0.2) is 0 Å². The molecule has 0 unspecified atom stereocenters. The first-order valence-electron chi connectivity index (χ1n) is 8.07. The van der Waals surface area contributed by atoms with Crippen molar-refractivity contribution in [1.29, 1.82) is 0 Å². The lowest BCUT2D eigenvalue weighted by molar-refractivity contribution is 0.0521. The lowest BCUT2D eigenvalue weighted by atomic mass is 9.94. The van der Waals surface area contributed by atoms with Gasteiger partial charge >= 0.3 is 0 Å². The van der Waals surface area contributed by atoms with E-state index in [9.17, 15) is 9.90 Å². The van der Waals surface area contributed by atoms with Gasteiger partial charge in [-0.3, -0.25) is 9.69 Å². The maximum Gasteiger partial charge on any atom is 0.257 e. The number of hydrogen-bond acceptors (Lipinski definition) is 3. The van der Waals surface area contributed by atoms with Crippen LogP contribution in [0.25, 0.3) is 0 Å². The Bertz CT molecular complexity index is 489. The number of piperazine rings is 1. The highest BCUT2D eigenvalue weighted by Crippen LogP contribution is 2.24. The highest BCUT2D eigenvalue weighted by Gasteiger charge is 2.28. The van der Waals surface area contributed by atoms with Crippen LogP contribution in [0.4, 0.5) is 0 Å². The van der Waals surface area contributed by atoms with Gasteiger partial charge in [-0.1, -0.05) is 31.4 Å². The molecule has 0 atom stereocenters. The molecule has 1 aliphatic heterocycles. The van der Waals surface area contributed by atoms with E-state index in [0.717, 1.165) is 32.2 Å². The van der Waals surface area contributed by atoms with Crippen molar-refractivity contribution >= 4 is 5.91 Å². The minimum atomic E-state index is -0.0450. The zero-order valence-electron chi connectivity index (χ0n) is 12.5. The van der Waals surface area contributed by atoms with E-state index in [1.165, 1.54) is 32.1 Å². The van der Waals surface area contributed by atoms with Gasteiger partial charge in [0, 0.05) is 32.2 Å². The standard InChI is InChI=1S/C17H24N2O2/c20-16-9-5-4-8-15(16)17(21)19-12-10-18(11-13-19)14-6-2-1-3-7-14/h4-5,8-9,14,20H,1-3,6-7,10-13H2. The molecule has 2 aliphatic rings. The molecule has 0 bridgehead atoms. The SMILES string of the molecule is O=C(c1ccccc1O)N1CCN(C2CCCCC2)CC1. The van der Waals surface area contributed by atoms with Crippen LogP contribution in [-0.2, 0) is 0 Å². The molecule has 1 amide bonds. The highest BCUT2D eigenvalue weighted by atomic mass is 16.3. The van der Waals surface area contributed by atoms with Gasteiger partial charge in [0.25, 0.3) is 5.91 Å². The summed E-state index contributed by atoms with van der Waals surface area (Å²) in [6.45, 7) is 3.46. The van der Waals surface area contributed by atoms with Crippen LogP contribution in [0.2, 0.25) is 0 Å². The molecule has 1 aromatic carbocycles. The highest BCUT2D eigenvalue weighted by molar-refractivity contribution is 5.96. The lowest BCUT2D eigenvalue weighted by Gasteiger charge is -2.40. The number of rotatable bonds is 2. The first-order valence-corrected chi connectivity index (χ1v) is 8.07. The monoisotopic (exact) mass is 288 g/mol. The zero-order chi connectivity index (χ0) is 14.7. The molecule has 2 fully saturated rings. The first-order chi connectivity index (χ1) is 10.3. The minimum absolute atomic E-state index is 0.0450. The molecule has 1 aliphatic carbocycles. The fourth-order valence-electron chi connectivity index (χ4n) is 3.56. The summed E-state index contributed by atoms with van der Waals surface area (Å²) in [5.74, 6) is 0.0357. The molecule has 114 valence electrons. The summed E-state index contributed by atoms with van der Waals surface area (Å²) in [6, 6.07) is 7.54. The number of para-hydroxylation sites is 1. The molecule has 1 heterocycles. The van der Waals surface area contributed by atoms with Crippen molar-refractivity contribution in [2.75, 3.05) is 26.2 Å². The van der Waals surface area contributed by atoms with Gasteiger partial charge in [0.1, 0.15) is 5.75 Å². The summed E-state index contributed by atoms with van der Waals surface area (Å²) in [4.78, 5) is 16.9. The first kappa shape index (κ1) is 14.4. The Hall–Kier alpha value is -1.55. The second-order valence-electron chi connectivity index (χ2n) is 6.14. The van der Waals surface area contributed by atoms with Gasteiger partial charge in [-0.2, -0.15) is 0 Å². The van der Waals surface area contributed by atoms with Crippen LogP contribution < -0.4 is 0 Å². The van der Waals surface area contributed by atoms with E-state index in [1.807, 2.05) is 4.90 Å². The van der Waals surface area contributed by atoms with E-state index >= 15 is 0 Å². The molecule has 1 saturated heterocycles. The molecule has 1 saturated carbocycles. The van der Waals surface area contributed by atoms with Gasteiger partial charge in [0.05, 0.1) is 5.56 Å². The third-order valence-corrected chi connectivity index (χ3v) is 4.83. The molecule has 4 nitrogen and oxygen atoms in total. The number of hydrogen-bond donors (Lipinski definition) is 1. The fraction of sp³-hybridized carbons (Fsp3) is 0.588. The molecule has 3 rings (SSSR count). The Labute approximate surface area is 126 Å². The molecule has 1 aromatic rings. The van der Waals surface area contributed by atoms with Crippen LogP contribution in [0.1, 0.15) is 42.5 Å². The van der Waals surface area contributed by atoms with Crippen LogP contribution >= 0.6 is 0 Å². The van der Waals surface area contributed by atoms with E-state index in [-0.39, 0.29) is 11.7 Å². The number of aromatic hydroxyl groups is 1. The lowest BCUT2D eigenvalue weighted by Crippen LogP contribution is -2.52. The van der Waals surface area contributed by atoms with E-state index in [2.05, 4.69) is 4.90 Å². The Morgan fingerprint density at radius 2 is 1.67 bits per heavy atom. The summed E-state index contributed by atoms with van der Waals surface area (Å²) in [6.07, 6.45) is 6.70. The van der Waals surface area contributed by atoms with Crippen molar-refractivity contribution in [3.63, 3.8) is 0 Å². The second-order valence-corrected chi connectivity index (χ2v) is 6.14. The molecular formula is C17H24N2O2. The molecule has 1 N–H and O–H groups in total. The normalized spacial score (nSPS) is 21.4. The summed E-state index contributed by atoms with van der Waals surface area (Å²) in [5.41, 5.74) is 0.420. The van der Waals surface area contributed by atoms with Crippen molar-refractivity contribution in [2.45, 2.75) is 38.1 Å². The number of carbonyl (C=O) groups excluding carboxylic acids is 1. The van der Waals surface area contributed by atoms with Gasteiger partial charge in [0.15, 0.2) is 0 Å². The van der Waals surface area contributed by atoms with Crippen molar-refractivity contribution in [2.24, 2.45) is 0 Å². The number of phenols is 1. The Morgan fingerprint density at radius 3 is 2.33 bits per heavy atom. The maximum atomic E-state index is 12.5. The molecule has 0 radical (unpaired) electrons. The molecule has 21 heavy (non-hydrogen) atoms. The number of phenolic OH excluding ortho intramolecular Hbond substituents is 1. The van der Waals surface area contributed by atoms with E-state index in [1.54, 1.807) is 24.3 Å². The van der Waals surface area contributed by atoms with Crippen molar-refractivity contribution in [3.05, 3.63) is 29.8 Å². The largest absolute Gasteiger partial charge is 0.507 e. The number of nitrogens with zero attached hydrogens (tertiary/aromatic N) is 2. The number of benzene rings is 1. The van der Waals surface area contributed by atoms with Crippen molar-refractivity contribution < 1.29 is 9.90 Å². The van der Waals surface area contributed by atoms with E-state index in [0.29, 0.717) is 5.56 Å². The van der Waals surface area contributed by atoms with Crippen LogP contribution in [-0.4, -0.2) is 53.0 Å². The third kappa shape index (κ3) is 3.21. The fourth-order valence-corrected chi connectivity index (χ4v) is 3.56. The van der Waals surface area contributed by atoms with Gasteiger partial charge in [-0.05, 0) is 25.0 Å². The van der Waals surface area contributed by atoms with Crippen LogP contribution in [0.3, 0.4) is 0 Å². The van der Waals surface area contributed by atoms with E-state index < -0.39 is 0 Å². The van der Waals surface area contributed by atoms with Crippen LogP contribution in [0.15, 0.2) is 24.3 Å². The maximum absolute atomic E-state index is 12.5. The van der Waals surface area contributed by atoms with Crippen LogP contribution in [0, 0.1) is 0 Å². The molecular weight excluding hydrogens is 264 g/mol. The van der Waals surface area contributed by atoms with Gasteiger partial charge in [-0.15, -0.1) is 0 Å². The Balaban J connectivity index is 1.58. The summed E-state index contributed by atoms with van der Waals surface area (Å²) in [7, 11) is 0. The predicted octanol–water partition coefficient (Wildman–Crippen LogP) is 2.48. The average Bonchev–Trinajstić information content (AvgIpc) is 2.56. The minimum Gasteiger partial charge on any atom is -0.507 e. The van der Waals surface area contributed by atoms with Gasteiger partial charge in [0.2, 0.25) is 0 Å². The average molecular weight is 288 g/mol. The smallest absolute Gasteiger partial charge is 0.257 e. The van der Waals surface area contributed by atoms with Gasteiger partial charge < -0.3 is 10.0 Å². The summed E-state index contributed by atoms with van der Waals surface area (Å²) < 4.78 is 0. The molecule has 0 aromatic heterocycles. The molecule has 0 spiro atoms. The van der Waals surface area contributed by atoms with Crippen molar-refractivity contribution in [1.82, 2.24) is 9.80 Å². The number of amides is 1. The second kappa shape index (κ2) is 6.48. The topological polar surface area (TPSA) is 43.8 Å². The van der Waals surface area contributed by atoms with Crippen LogP contribution in [0.5, 0.6) is 5.75 Å². The quantitative estimate of drug-likeness (QED) is 0.909. The Morgan fingerprint density at radius 1 is 1.00 bits per heavy atom. The van der Waals surface area contributed by atoms with E-state index in [4.69, 9.17) is 0 Å². The zero-order valence-corrected chi connectivity index (χ0v) is 12.5. The number of carbonyl (C=O) groups is 1. The third-order valence-electron chi connectivity index (χ3n) is 4.83. The summed E-state index contributed by atoms with van der Waals surface area (Å²) >= 11 is 0. The predicted molar refractivity (Wildman–Crippen MR) is 82.5 cm³/mol. The summed E-state index contributed by atoms with van der Waals surface area (Å²) in [5, 5.41) is 9.81. The molecule has 4 heteroatoms. The Kier molecular flexibility index (Phi) is 4.44.